The zero-order chi connectivity index (χ0) is 6.91. The molecule has 3 nitrogen and oxygen atoms in total. The van der Waals surface area contributed by atoms with E-state index >= 15 is 0 Å². The zero-order valence-electron chi connectivity index (χ0n) is 4.71. The number of hydrogen-bond donors (Lipinski definition) is 0. The number of hydrogen-bond acceptors (Lipinski definition) is 3. The van der Waals surface area contributed by atoms with Crippen molar-refractivity contribution in [1.82, 2.24) is 0 Å². The van der Waals surface area contributed by atoms with Gasteiger partial charge in [0.05, 0.1) is 5.75 Å². The van der Waals surface area contributed by atoms with Crippen molar-refractivity contribution in [3.8, 4) is 0 Å². The van der Waals surface area contributed by atoms with E-state index in [9.17, 15) is 12.8 Å². The molecule has 5 heteroatoms. The summed E-state index contributed by atoms with van der Waals surface area (Å²) in [4.78, 5) is 0. The summed E-state index contributed by atoms with van der Waals surface area (Å²) >= 11 is 0. The van der Waals surface area contributed by atoms with Gasteiger partial charge in [0.2, 0.25) is 0 Å². The van der Waals surface area contributed by atoms with E-state index < -0.39 is 22.9 Å². The van der Waals surface area contributed by atoms with Gasteiger partial charge in [0.15, 0.2) is 0 Å². The van der Waals surface area contributed by atoms with Crippen LogP contribution in [0.25, 0.3) is 0 Å². The smallest absolute Gasteiger partial charge is 0.264 e. The average molecular weight is 154 g/mol. The largest absolute Gasteiger partial charge is 0.267 e. The second kappa shape index (κ2) is 2.22. The summed E-state index contributed by atoms with van der Waals surface area (Å²) < 4.78 is 36.8. The molecule has 1 heterocycles. The molecule has 9 heavy (non-hydrogen) atoms. The average Bonchev–Trinajstić information content (AvgIpc) is 2.10. The van der Waals surface area contributed by atoms with Crippen molar-refractivity contribution in [1.29, 1.82) is 0 Å². The lowest BCUT2D eigenvalue weighted by Crippen LogP contribution is -2.08. The molecule has 0 aromatic heterocycles. The first kappa shape index (κ1) is 6.95. The molecule has 1 fully saturated rings. The fourth-order valence-electron chi connectivity index (χ4n) is 0.682. The van der Waals surface area contributed by atoms with Crippen molar-refractivity contribution in [3.05, 3.63) is 0 Å². The summed E-state index contributed by atoms with van der Waals surface area (Å²) in [5.74, 6) is -0.0401. The third kappa shape index (κ3) is 1.62. The minimum Gasteiger partial charge on any atom is -0.264 e. The second-order valence-corrected chi connectivity index (χ2v) is 3.64. The van der Waals surface area contributed by atoms with Crippen LogP contribution in [0.4, 0.5) is 4.39 Å². The highest BCUT2D eigenvalue weighted by atomic mass is 32.2. The first-order chi connectivity index (χ1) is 4.14. The van der Waals surface area contributed by atoms with Gasteiger partial charge in [0.1, 0.15) is 12.8 Å². The predicted molar refractivity (Wildman–Crippen MR) is 29.3 cm³/mol. The summed E-state index contributed by atoms with van der Waals surface area (Å²) in [6.07, 6.45) is -0.422. The normalized spacial score (nSPS) is 32.8. The van der Waals surface area contributed by atoms with Crippen molar-refractivity contribution < 1.29 is 17.0 Å². The van der Waals surface area contributed by atoms with Gasteiger partial charge in [0.25, 0.3) is 10.1 Å². The van der Waals surface area contributed by atoms with Crippen LogP contribution in [0, 0.1) is 0 Å². The van der Waals surface area contributed by atoms with Crippen LogP contribution in [0.2, 0.25) is 0 Å². The van der Waals surface area contributed by atoms with E-state index in [2.05, 4.69) is 4.18 Å². The highest BCUT2D eigenvalue weighted by molar-refractivity contribution is 7.86. The Morgan fingerprint density at radius 1 is 1.67 bits per heavy atom. The Labute approximate surface area is 52.9 Å². The Morgan fingerprint density at radius 2 is 2.33 bits per heavy atom. The van der Waals surface area contributed by atoms with Crippen molar-refractivity contribution in [2.45, 2.75) is 12.5 Å². The molecule has 54 valence electrons. The van der Waals surface area contributed by atoms with Gasteiger partial charge in [-0.3, -0.25) is 4.18 Å². The lowest BCUT2D eigenvalue weighted by atomic mass is 10.3. The molecule has 1 rings (SSSR count). The first-order valence-corrected chi connectivity index (χ1v) is 4.19. The maximum atomic E-state index is 11.7. The molecule has 1 saturated heterocycles. The maximum Gasteiger partial charge on any atom is 0.267 e. The summed E-state index contributed by atoms with van der Waals surface area (Å²) in [5, 5.41) is 0. The van der Waals surface area contributed by atoms with Gasteiger partial charge in [-0.1, -0.05) is 0 Å². The highest BCUT2D eigenvalue weighted by Crippen LogP contribution is 2.15. The Hall–Kier alpha value is -0.160. The van der Waals surface area contributed by atoms with Gasteiger partial charge in [-0.2, -0.15) is 8.42 Å². The Morgan fingerprint density at radius 3 is 2.56 bits per heavy atom. The van der Waals surface area contributed by atoms with Crippen LogP contribution in [-0.2, 0) is 14.3 Å². The van der Waals surface area contributed by atoms with Crippen LogP contribution >= 0.6 is 0 Å². The van der Waals surface area contributed by atoms with Crippen LogP contribution in [0.3, 0.4) is 0 Å². The van der Waals surface area contributed by atoms with E-state index in [4.69, 9.17) is 0 Å². The third-order valence-electron chi connectivity index (χ3n) is 1.14. The van der Waals surface area contributed by atoms with Gasteiger partial charge < -0.3 is 0 Å². The molecule has 1 atom stereocenters. The molecular formula is C4H7FO3S. The molecule has 1 aliphatic heterocycles. The topological polar surface area (TPSA) is 43.4 Å². The lowest BCUT2D eigenvalue weighted by molar-refractivity contribution is 0.193. The molecule has 1 aliphatic rings. The maximum absolute atomic E-state index is 11.7. The Kier molecular flexibility index (Phi) is 1.72. The SMILES string of the molecule is O=S1(=O)CCC(CF)O1. The van der Waals surface area contributed by atoms with Crippen LogP contribution in [0.15, 0.2) is 0 Å². The van der Waals surface area contributed by atoms with Crippen LogP contribution in [0.1, 0.15) is 6.42 Å². The summed E-state index contributed by atoms with van der Waals surface area (Å²) in [5.41, 5.74) is 0. The van der Waals surface area contributed by atoms with E-state index in [1.54, 1.807) is 0 Å². The van der Waals surface area contributed by atoms with Crippen LogP contribution < -0.4 is 0 Å². The molecule has 0 amide bonds. The standard InChI is InChI=1S/C4H7FO3S/c5-3-4-1-2-9(6,7)8-4/h4H,1-3H2. The minimum absolute atomic E-state index is 0.0401. The summed E-state index contributed by atoms with van der Waals surface area (Å²) in [6, 6.07) is 0. The highest BCUT2D eigenvalue weighted by Gasteiger charge is 2.28. The van der Waals surface area contributed by atoms with Crippen molar-refractivity contribution >= 4 is 10.1 Å². The van der Waals surface area contributed by atoms with Gasteiger partial charge in [0, 0.05) is 0 Å². The van der Waals surface area contributed by atoms with Gasteiger partial charge in [-0.05, 0) is 6.42 Å². The van der Waals surface area contributed by atoms with Crippen LogP contribution in [0.5, 0.6) is 0 Å². The number of halogens is 1. The fraction of sp³-hybridized carbons (Fsp3) is 1.00. The predicted octanol–water partition coefficient (Wildman–Crippen LogP) is 0.0746. The first-order valence-electron chi connectivity index (χ1n) is 2.61. The minimum atomic E-state index is -3.35. The molecule has 0 N–H and O–H groups in total. The van der Waals surface area contributed by atoms with E-state index in [0.717, 1.165) is 0 Å². The van der Waals surface area contributed by atoms with Crippen molar-refractivity contribution in [3.63, 3.8) is 0 Å². The second-order valence-electron chi connectivity index (χ2n) is 1.92. The van der Waals surface area contributed by atoms with Gasteiger partial charge in [-0.25, -0.2) is 4.39 Å². The Balaban J connectivity index is 2.58. The fourth-order valence-corrected chi connectivity index (χ4v) is 1.89. The molecule has 0 bridgehead atoms. The summed E-state index contributed by atoms with van der Waals surface area (Å²) in [6.45, 7) is -0.709. The van der Waals surface area contributed by atoms with Crippen LogP contribution in [-0.4, -0.2) is 26.9 Å². The lowest BCUT2D eigenvalue weighted by Gasteiger charge is -1.97. The molecule has 0 aliphatic carbocycles. The van der Waals surface area contributed by atoms with Crippen molar-refractivity contribution in [2.75, 3.05) is 12.4 Å². The van der Waals surface area contributed by atoms with E-state index in [1.807, 2.05) is 0 Å². The number of alkyl halides is 1. The molecule has 0 saturated carbocycles. The van der Waals surface area contributed by atoms with Crippen molar-refractivity contribution in [2.24, 2.45) is 0 Å². The molecule has 0 radical (unpaired) electrons. The third-order valence-corrected chi connectivity index (χ3v) is 2.45. The molecule has 1 unspecified atom stereocenters. The van der Waals surface area contributed by atoms with Gasteiger partial charge in [-0.15, -0.1) is 0 Å². The zero-order valence-corrected chi connectivity index (χ0v) is 5.53. The van der Waals surface area contributed by atoms with E-state index in [0.29, 0.717) is 6.42 Å². The van der Waals surface area contributed by atoms with E-state index in [-0.39, 0.29) is 5.75 Å². The van der Waals surface area contributed by atoms with E-state index in [1.165, 1.54) is 0 Å². The molecular weight excluding hydrogens is 147 g/mol. The summed E-state index contributed by atoms with van der Waals surface area (Å²) in [7, 11) is -3.35. The van der Waals surface area contributed by atoms with Gasteiger partial charge >= 0.3 is 0 Å². The quantitative estimate of drug-likeness (QED) is 0.502. The molecule has 0 aromatic carbocycles. The monoisotopic (exact) mass is 154 g/mol. The molecule has 0 aromatic rings. The number of rotatable bonds is 1. The molecule has 0 spiro atoms. The Bertz CT molecular complexity index is 186.